The van der Waals surface area contributed by atoms with E-state index in [-0.39, 0.29) is 23.7 Å². The molecule has 1 aliphatic heterocycles. The Balaban J connectivity index is 1.38. The third-order valence-electron chi connectivity index (χ3n) is 5.28. The molecule has 4 rings (SSSR count). The van der Waals surface area contributed by atoms with Crippen LogP contribution in [0.1, 0.15) is 5.56 Å². The van der Waals surface area contributed by atoms with Crippen LogP contribution in [0.3, 0.4) is 0 Å². The van der Waals surface area contributed by atoms with E-state index in [9.17, 15) is 8.78 Å². The number of anilines is 1. The van der Waals surface area contributed by atoms with E-state index in [2.05, 4.69) is 9.88 Å². The maximum atomic E-state index is 13.8. The molecule has 2 heterocycles. The van der Waals surface area contributed by atoms with Gasteiger partial charge in [0.15, 0.2) is 11.6 Å². The maximum absolute atomic E-state index is 13.8. The Morgan fingerprint density at radius 1 is 0.969 bits per heavy atom. The summed E-state index contributed by atoms with van der Waals surface area (Å²) >= 11 is 0. The van der Waals surface area contributed by atoms with Crippen molar-refractivity contribution in [2.24, 2.45) is 0 Å². The maximum Gasteiger partial charge on any atom is 0.166 e. The molecule has 1 saturated heterocycles. The molecule has 0 saturated carbocycles. The normalized spacial score (nSPS) is 14.3. The number of halogens is 2. The molecule has 6 nitrogen and oxygen atoms in total. The molecule has 0 radical (unpaired) electrons. The van der Waals surface area contributed by atoms with Gasteiger partial charge in [-0.2, -0.15) is 0 Å². The largest absolute Gasteiger partial charge is 0.492 e. The van der Waals surface area contributed by atoms with E-state index < -0.39 is 11.6 Å². The molecular weight excluding hydrogens is 416 g/mol. The Bertz CT molecular complexity index is 1020. The summed E-state index contributed by atoms with van der Waals surface area (Å²) in [5, 5.41) is 0. The van der Waals surface area contributed by atoms with Crippen molar-refractivity contribution in [2.75, 3.05) is 45.2 Å². The molecule has 2 aromatic carbocycles. The predicted octanol–water partition coefficient (Wildman–Crippen LogP) is 3.90. The minimum atomic E-state index is -0.670. The van der Waals surface area contributed by atoms with Gasteiger partial charge in [0, 0.05) is 31.4 Å². The first kappa shape index (κ1) is 22.0. The highest BCUT2D eigenvalue weighted by molar-refractivity contribution is 5.67. The van der Waals surface area contributed by atoms with Crippen LogP contribution >= 0.6 is 0 Å². The Morgan fingerprint density at radius 2 is 1.69 bits per heavy atom. The minimum absolute atomic E-state index is 0.147. The van der Waals surface area contributed by atoms with Gasteiger partial charge in [0.05, 0.1) is 18.8 Å². The number of morpholine rings is 1. The molecule has 8 heteroatoms. The first-order valence-electron chi connectivity index (χ1n) is 10.4. The van der Waals surface area contributed by atoms with Crippen LogP contribution in [0.5, 0.6) is 11.5 Å². The first-order chi connectivity index (χ1) is 15.6. The van der Waals surface area contributed by atoms with Crippen LogP contribution in [0.25, 0.3) is 11.1 Å². The number of hydrogen-bond acceptors (Lipinski definition) is 6. The highest BCUT2D eigenvalue weighted by atomic mass is 19.1. The predicted molar refractivity (Wildman–Crippen MR) is 118 cm³/mol. The lowest BCUT2D eigenvalue weighted by Gasteiger charge is -2.26. The monoisotopic (exact) mass is 441 g/mol. The zero-order chi connectivity index (χ0) is 22.3. The lowest BCUT2D eigenvalue weighted by molar-refractivity contribution is 0.0322. The molecule has 1 fully saturated rings. The molecule has 1 aliphatic rings. The number of hydrogen-bond donors (Lipinski definition) is 1. The number of rotatable bonds is 8. The zero-order valence-electron chi connectivity index (χ0n) is 17.6. The van der Waals surface area contributed by atoms with Gasteiger partial charge in [-0.3, -0.25) is 4.90 Å². The van der Waals surface area contributed by atoms with Gasteiger partial charge in [-0.25, -0.2) is 13.8 Å². The molecule has 1 aromatic heterocycles. The van der Waals surface area contributed by atoms with Crippen molar-refractivity contribution >= 4 is 5.82 Å². The third kappa shape index (κ3) is 5.52. The number of nitrogens with two attached hydrogens (primary N) is 1. The molecule has 168 valence electrons. The molecule has 32 heavy (non-hydrogen) atoms. The second-order valence-electron chi connectivity index (χ2n) is 7.42. The van der Waals surface area contributed by atoms with E-state index in [4.69, 9.17) is 19.9 Å². The number of aromatic nitrogens is 1. The van der Waals surface area contributed by atoms with Crippen molar-refractivity contribution in [3.63, 3.8) is 0 Å². The average Bonchev–Trinajstić information content (AvgIpc) is 2.81. The second-order valence-corrected chi connectivity index (χ2v) is 7.42. The summed E-state index contributed by atoms with van der Waals surface area (Å²) in [6.07, 6.45) is 1.63. The highest BCUT2D eigenvalue weighted by Gasteiger charge is 2.12. The van der Waals surface area contributed by atoms with Gasteiger partial charge in [-0.15, -0.1) is 0 Å². The fourth-order valence-electron chi connectivity index (χ4n) is 3.41. The van der Waals surface area contributed by atoms with Gasteiger partial charge >= 0.3 is 0 Å². The SMILES string of the molecule is Nc1ncc(-c2ccc(OCCN3CCOCC3)cc2)cc1OCc1c(F)cccc1F. The molecule has 0 atom stereocenters. The number of nitrogens with zero attached hydrogens (tertiary/aromatic N) is 2. The lowest BCUT2D eigenvalue weighted by Crippen LogP contribution is -2.38. The van der Waals surface area contributed by atoms with E-state index in [1.165, 1.54) is 18.2 Å². The van der Waals surface area contributed by atoms with Gasteiger partial charge in [0.25, 0.3) is 0 Å². The van der Waals surface area contributed by atoms with Crippen molar-refractivity contribution in [3.05, 3.63) is 71.9 Å². The van der Waals surface area contributed by atoms with Gasteiger partial charge in [0.2, 0.25) is 0 Å². The molecule has 3 aromatic rings. The zero-order valence-corrected chi connectivity index (χ0v) is 17.6. The van der Waals surface area contributed by atoms with E-state index in [0.29, 0.717) is 6.61 Å². The van der Waals surface area contributed by atoms with Gasteiger partial charge in [0.1, 0.15) is 30.6 Å². The van der Waals surface area contributed by atoms with Crippen LogP contribution in [0, 0.1) is 11.6 Å². The smallest absolute Gasteiger partial charge is 0.166 e. The van der Waals surface area contributed by atoms with E-state index >= 15 is 0 Å². The number of pyridine rings is 1. The van der Waals surface area contributed by atoms with Crippen molar-refractivity contribution in [1.29, 1.82) is 0 Å². The molecule has 0 spiro atoms. The van der Waals surface area contributed by atoms with Crippen LogP contribution in [-0.4, -0.2) is 49.3 Å². The summed E-state index contributed by atoms with van der Waals surface area (Å²) in [7, 11) is 0. The second kappa shape index (κ2) is 10.4. The van der Waals surface area contributed by atoms with Crippen molar-refractivity contribution in [2.45, 2.75) is 6.61 Å². The molecule has 0 unspecified atom stereocenters. The van der Waals surface area contributed by atoms with Gasteiger partial charge in [-0.1, -0.05) is 18.2 Å². The Labute approximate surface area is 185 Å². The Hall–Kier alpha value is -3.23. The summed E-state index contributed by atoms with van der Waals surface area (Å²) in [6, 6.07) is 13.0. The average molecular weight is 441 g/mol. The summed E-state index contributed by atoms with van der Waals surface area (Å²) in [5.41, 5.74) is 7.39. The van der Waals surface area contributed by atoms with Crippen molar-refractivity contribution in [1.82, 2.24) is 9.88 Å². The lowest BCUT2D eigenvalue weighted by atomic mass is 10.1. The number of nitrogen functional groups attached to an aromatic ring is 1. The van der Waals surface area contributed by atoms with Crippen LogP contribution in [0.4, 0.5) is 14.6 Å². The van der Waals surface area contributed by atoms with E-state index in [1.54, 1.807) is 12.3 Å². The minimum Gasteiger partial charge on any atom is -0.492 e. The summed E-state index contributed by atoms with van der Waals surface area (Å²) in [4.78, 5) is 6.47. The standard InChI is InChI=1S/C24H25F2N3O3/c25-21-2-1-3-22(26)20(21)16-32-23-14-18(15-28-24(23)27)17-4-6-19(7-5-17)31-13-10-29-8-11-30-12-9-29/h1-7,14-15H,8-13,16H2,(H2,27,28). The molecule has 0 amide bonds. The molecule has 2 N–H and O–H groups in total. The molecule has 0 bridgehead atoms. The quantitative estimate of drug-likeness (QED) is 0.572. The van der Waals surface area contributed by atoms with Crippen molar-refractivity contribution in [3.8, 4) is 22.6 Å². The van der Waals surface area contributed by atoms with Gasteiger partial charge in [-0.05, 0) is 35.9 Å². The molecular formula is C24H25F2N3O3. The van der Waals surface area contributed by atoms with Gasteiger partial charge < -0.3 is 19.9 Å². The highest BCUT2D eigenvalue weighted by Crippen LogP contribution is 2.29. The van der Waals surface area contributed by atoms with E-state index in [1.807, 2.05) is 24.3 Å². The summed E-state index contributed by atoms with van der Waals surface area (Å²) < 4.78 is 44.4. The van der Waals surface area contributed by atoms with Crippen LogP contribution in [-0.2, 0) is 11.3 Å². The fraction of sp³-hybridized carbons (Fsp3) is 0.292. The molecule has 0 aliphatic carbocycles. The van der Waals surface area contributed by atoms with E-state index in [0.717, 1.165) is 49.7 Å². The Morgan fingerprint density at radius 3 is 2.41 bits per heavy atom. The Kier molecular flexibility index (Phi) is 7.14. The topological polar surface area (TPSA) is 69.8 Å². The van der Waals surface area contributed by atoms with Crippen LogP contribution in [0.15, 0.2) is 54.7 Å². The third-order valence-corrected chi connectivity index (χ3v) is 5.28. The fourth-order valence-corrected chi connectivity index (χ4v) is 3.41. The number of ether oxygens (including phenoxy) is 3. The summed E-state index contributed by atoms with van der Waals surface area (Å²) in [6.45, 7) is 4.57. The van der Waals surface area contributed by atoms with Crippen LogP contribution in [0.2, 0.25) is 0 Å². The summed E-state index contributed by atoms with van der Waals surface area (Å²) in [5.74, 6) is -0.157. The number of benzene rings is 2. The van der Waals surface area contributed by atoms with Crippen molar-refractivity contribution < 1.29 is 23.0 Å². The van der Waals surface area contributed by atoms with Crippen LogP contribution < -0.4 is 15.2 Å². The first-order valence-corrected chi connectivity index (χ1v) is 10.4.